The lowest BCUT2D eigenvalue weighted by Crippen LogP contribution is -2.31. The van der Waals surface area contributed by atoms with E-state index in [0.717, 1.165) is 24.3 Å². The topological polar surface area (TPSA) is 26.0 Å². The third-order valence-electron chi connectivity index (χ3n) is 4.77. The van der Waals surface area contributed by atoms with Crippen molar-refractivity contribution in [2.75, 3.05) is 6.54 Å². The molecule has 0 aromatic heterocycles. The Bertz CT molecular complexity index is 185. The summed E-state index contributed by atoms with van der Waals surface area (Å²) in [5, 5.41) is 0. The third kappa shape index (κ3) is 1.84. The minimum atomic E-state index is 0.560. The normalized spacial score (nSPS) is 40.3. The second-order valence-corrected chi connectivity index (χ2v) is 5.75. The molecule has 14 heavy (non-hydrogen) atoms. The summed E-state index contributed by atoms with van der Waals surface area (Å²) in [4.78, 5) is 0. The summed E-state index contributed by atoms with van der Waals surface area (Å²) in [5.41, 5.74) is 6.57. The van der Waals surface area contributed by atoms with Crippen LogP contribution in [0.1, 0.15) is 52.4 Å². The van der Waals surface area contributed by atoms with Gasteiger partial charge in [-0.2, -0.15) is 0 Å². The first-order valence-electron chi connectivity index (χ1n) is 6.43. The molecule has 2 N–H and O–H groups in total. The lowest BCUT2D eigenvalue weighted by atomic mass is 9.74. The summed E-state index contributed by atoms with van der Waals surface area (Å²) in [7, 11) is 0. The van der Waals surface area contributed by atoms with Crippen molar-refractivity contribution in [2.24, 2.45) is 28.9 Å². The van der Waals surface area contributed by atoms with Crippen LogP contribution in [-0.4, -0.2) is 6.54 Å². The number of fused-ring (bicyclic) bond motifs is 1. The molecule has 2 aliphatic carbocycles. The molecule has 2 unspecified atom stereocenters. The SMILES string of the molecule is CCC(CC)CC1(CN)CC2CC2C1. The summed E-state index contributed by atoms with van der Waals surface area (Å²) in [5.74, 6) is 3.08. The fourth-order valence-corrected chi connectivity index (χ4v) is 3.61. The van der Waals surface area contributed by atoms with Crippen LogP contribution in [0.4, 0.5) is 0 Å². The zero-order valence-electron chi connectivity index (χ0n) is 9.76. The van der Waals surface area contributed by atoms with E-state index in [1.165, 1.54) is 38.5 Å². The van der Waals surface area contributed by atoms with E-state index in [9.17, 15) is 0 Å². The van der Waals surface area contributed by atoms with Crippen molar-refractivity contribution in [3.63, 3.8) is 0 Å². The molecule has 1 nitrogen and oxygen atoms in total. The predicted molar refractivity (Wildman–Crippen MR) is 61.0 cm³/mol. The maximum absolute atomic E-state index is 6.01. The first kappa shape index (κ1) is 10.5. The molecule has 0 radical (unpaired) electrons. The highest BCUT2D eigenvalue weighted by Gasteiger charge is 2.53. The highest BCUT2D eigenvalue weighted by atomic mass is 14.7. The Morgan fingerprint density at radius 1 is 1.21 bits per heavy atom. The highest BCUT2D eigenvalue weighted by molar-refractivity contribution is 5.04. The lowest BCUT2D eigenvalue weighted by molar-refractivity contribution is 0.199. The van der Waals surface area contributed by atoms with Crippen molar-refractivity contribution in [3.8, 4) is 0 Å². The van der Waals surface area contributed by atoms with Gasteiger partial charge in [-0.15, -0.1) is 0 Å². The van der Waals surface area contributed by atoms with Crippen LogP contribution in [0.5, 0.6) is 0 Å². The Balaban J connectivity index is 1.92. The van der Waals surface area contributed by atoms with Crippen LogP contribution in [0.15, 0.2) is 0 Å². The summed E-state index contributed by atoms with van der Waals surface area (Å²) in [6.45, 7) is 5.60. The van der Waals surface area contributed by atoms with Gasteiger partial charge in [-0.25, -0.2) is 0 Å². The summed E-state index contributed by atoms with van der Waals surface area (Å²) < 4.78 is 0. The molecule has 2 atom stereocenters. The highest BCUT2D eigenvalue weighted by Crippen LogP contribution is 2.61. The van der Waals surface area contributed by atoms with E-state index in [1.54, 1.807) is 0 Å². The van der Waals surface area contributed by atoms with E-state index in [1.807, 2.05) is 0 Å². The Morgan fingerprint density at radius 3 is 2.21 bits per heavy atom. The molecule has 0 amide bonds. The maximum Gasteiger partial charge on any atom is -0.00202 e. The predicted octanol–water partition coefficient (Wildman–Crippen LogP) is 3.19. The molecule has 0 saturated heterocycles. The zero-order valence-corrected chi connectivity index (χ0v) is 9.76. The van der Waals surface area contributed by atoms with Crippen molar-refractivity contribution in [1.82, 2.24) is 0 Å². The van der Waals surface area contributed by atoms with Crippen molar-refractivity contribution in [3.05, 3.63) is 0 Å². The Labute approximate surface area is 88.4 Å². The minimum absolute atomic E-state index is 0.560. The van der Waals surface area contributed by atoms with Crippen molar-refractivity contribution < 1.29 is 0 Å². The number of nitrogens with two attached hydrogens (primary N) is 1. The van der Waals surface area contributed by atoms with Gasteiger partial charge in [0.05, 0.1) is 0 Å². The average Bonchev–Trinajstić information content (AvgIpc) is 2.84. The molecule has 2 aliphatic rings. The molecule has 0 aromatic carbocycles. The van der Waals surface area contributed by atoms with Crippen molar-refractivity contribution in [2.45, 2.75) is 52.4 Å². The zero-order chi connectivity index (χ0) is 10.2. The average molecular weight is 195 g/mol. The van der Waals surface area contributed by atoms with Crippen molar-refractivity contribution >= 4 is 0 Å². The van der Waals surface area contributed by atoms with Crippen LogP contribution in [0.2, 0.25) is 0 Å². The van der Waals surface area contributed by atoms with E-state index in [-0.39, 0.29) is 0 Å². The molecule has 1 heteroatoms. The van der Waals surface area contributed by atoms with Crippen LogP contribution in [0.3, 0.4) is 0 Å². The van der Waals surface area contributed by atoms with Gasteiger partial charge in [0.2, 0.25) is 0 Å². The van der Waals surface area contributed by atoms with E-state index in [2.05, 4.69) is 13.8 Å². The van der Waals surface area contributed by atoms with E-state index >= 15 is 0 Å². The standard InChI is InChI=1S/C13H25N/c1-3-10(4-2)6-13(9-14)7-11-5-12(11)8-13/h10-12H,3-9,14H2,1-2H3. The van der Waals surface area contributed by atoms with Gasteiger partial charge in [0, 0.05) is 0 Å². The van der Waals surface area contributed by atoms with Crippen LogP contribution < -0.4 is 5.73 Å². The molecule has 2 rings (SSSR count). The molecule has 0 heterocycles. The second-order valence-electron chi connectivity index (χ2n) is 5.75. The van der Waals surface area contributed by atoms with Gasteiger partial charge in [0.25, 0.3) is 0 Å². The third-order valence-corrected chi connectivity index (χ3v) is 4.77. The van der Waals surface area contributed by atoms with Gasteiger partial charge < -0.3 is 5.73 Å². The van der Waals surface area contributed by atoms with Gasteiger partial charge in [-0.05, 0) is 55.4 Å². The van der Waals surface area contributed by atoms with Crippen molar-refractivity contribution in [1.29, 1.82) is 0 Å². The Kier molecular flexibility index (Phi) is 2.88. The first-order valence-corrected chi connectivity index (χ1v) is 6.43. The number of hydrogen-bond acceptors (Lipinski definition) is 1. The molecule has 0 aliphatic heterocycles. The van der Waals surface area contributed by atoms with Crippen LogP contribution in [0.25, 0.3) is 0 Å². The van der Waals surface area contributed by atoms with E-state index < -0.39 is 0 Å². The molecular weight excluding hydrogens is 170 g/mol. The van der Waals surface area contributed by atoms with Crippen LogP contribution in [0, 0.1) is 23.2 Å². The van der Waals surface area contributed by atoms with Gasteiger partial charge in [-0.3, -0.25) is 0 Å². The fraction of sp³-hybridized carbons (Fsp3) is 1.00. The molecule has 0 aromatic rings. The van der Waals surface area contributed by atoms with E-state index in [4.69, 9.17) is 5.73 Å². The monoisotopic (exact) mass is 195 g/mol. The van der Waals surface area contributed by atoms with E-state index in [0.29, 0.717) is 5.41 Å². The largest absolute Gasteiger partial charge is 0.330 e. The van der Waals surface area contributed by atoms with Gasteiger partial charge in [-0.1, -0.05) is 26.7 Å². The molecule has 2 saturated carbocycles. The van der Waals surface area contributed by atoms with Gasteiger partial charge >= 0.3 is 0 Å². The quantitative estimate of drug-likeness (QED) is 0.716. The van der Waals surface area contributed by atoms with Gasteiger partial charge in [0.15, 0.2) is 0 Å². The summed E-state index contributed by atoms with van der Waals surface area (Å²) in [6, 6.07) is 0. The minimum Gasteiger partial charge on any atom is -0.330 e. The fourth-order valence-electron chi connectivity index (χ4n) is 3.61. The van der Waals surface area contributed by atoms with Crippen LogP contribution in [-0.2, 0) is 0 Å². The first-order chi connectivity index (χ1) is 6.73. The maximum atomic E-state index is 6.01. The van der Waals surface area contributed by atoms with Gasteiger partial charge in [0.1, 0.15) is 0 Å². The molecular formula is C13H25N. The molecule has 2 fully saturated rings. The number of hydrogen-bond donors (Lipinski definition) is 1. The Hall–Kier alpha value is -0.0400. The Morgan fingerprint density at radius 2 is 1.79 bits per heavy atom. The smallest absolute Gasteiger partial charge is 0.00202 e. The lowest BCUT2D eigenvalue weighted by Gasteiger charge is -2.33. The molecule has 82 valence electrons. The van der Waals surface area contributed by atoms with Crippen LogP contribution >= 0.6 is 0 Å². The summed E-state index contributed by atoms with van der Waals surface area (Å²) >= 11 is 0. The second kappa shape index (κ2) is 3.84. The summed E-state index contributed by atoms with van der Waals surface area (Å²) in [6.07, 6.45) is 8.50. The molecule has 0 bridgehead atoms. The molecule has 0 spiro atoms. The number of rotatable bonds is 5.